The van der Waals surface area contributed by atoms with Crippen molar-refractivity contribution in [3.05, 3.63) is 0 Å². The van der Waals surface area contributed by atoms with Gasteiger partial charge in [-0.05, 0) is 12.8 Å². The predicted molar refractivity (Wildman–Crippen MR) is 56.4 cm³/mol. The topological polar surface area (TPSA) is 88.3 Å². The fourth-order valence-electron chi connectivity index (χ4n) is 1.21. The Hall–Kier alpha value is -1.86. The highest BCUT2D eigenvalue weighted by molar-refractivity contribution is 5.35. The smallest absolute Gasteiger partial charge is 0.211 e. The number of isocyanates is 3. The van der Waals surface area contributed by atoms with Crippen LogP contribution in [-0.4, -0.2) is 37.4 Å². The summed E-state index contributed by atoms with van der Waals surface area (Å²) in [5, 5.41) is 0. The van der Waals surface area contributed by atoms with E-state index in [1.807, 2.05) is 0 Å². The zero-order chi connectivity index (χ0) is 12.1. The molecule has 1 atom stereocenters. The van der Waals surface area contributed by atoms with Gasteiger partial charge in [-0.15, -0.1) is 0 Å². The zero-order valence-electron chi connectivity index (χ0n) is 8.89. The van der Waals surface area contributed by atoms with Gasteiger partial charge in [0, 0.05) is 0 Å². The quantitative estimate of drug-likeness (QED) is 0.331. The van der Waals surface area contributed by atoms with Crippen molar-refractivity contribution >= 4 is 18.2 Å². The number of rotatable bonds is 9. The Kier molecular flexibility index (Phi) is 9.91. The molecule has 0 saturated carbocycles. The number of hydrogen-bond acceptors (Lipinski definition) is 6. The summed E-state index contributed by atoms with van der Waals surface area (Å²) in [5.41, 5.74) is 0. The Balaban J connectivity index is 3.71. The molecule has 0 aromatic heterocycles. The fraction of sp³-hybridized carbons (Fsp3) is 0.700. The van der Waals surface area contributed by atoms with Crippen LogP contribution in [0.15, 0.2) is 15.0 Å². The second-order valence-electron chi connectivity index (χ2n) is 3.13. The van der Waals surface area contributed by atoms with Crippen LogP contribution >= 0.6 is 0 Å². The van der Waals surface area contributed by atoms with Crippen LogP contribution in [0, 0.1) is 0 Å². The molecule has 0 spiro atoms. The molecule has 0 heterocycles. The monoisotopic (exact) mass is 223 g/mol. The molecule has 0 fully saturated rings. The van der Waals surface area contributed by atoms with Crippen LogP contribution in [0.4, 0.5) is 0 Å². The van der Waals surface area contributed by atoms with Gasteiger partial charge in [0.05, 0.1) is 19.1 Å². The van der Waals surface area contributed by atoms with Gasteiger partial charge < -0.3 is 0 Å². The molecule has 16 heavy (non-hydrogen) atoms. The highest BCUT2D eigenvalue weighted by atomic mass is 16.1. The molecular weight excluding hydrogens is 210 g/mol. The van der Waals surface area contributed by atoms with Crippen LogP contribution in [0.2, 0.25) is 0 Å². The maximum absolute atomic E-state index is 10.1. The fourth-order valence-corrected chi connectivity index (χ4v) is 1.21. The molecule has 0 aromatic rings. The lowest BCUT2D eigenvalue weighted by Crippen LogP contribution is -2.08. The van der Waals surface area contributed by atoms with E-state index < -0.39 is 0 Å². The minimum Gasteiger partial charge on any atom is -0.211 e. The van der Waals surface area contributed by atoms with Crippen LogP contribution in [0.25, 0.3) is 0 Å². The van der Waals surface area contributed by atoms with Gasteiger partial charge in [-0.1, -0.05) is 12.8 Å². The van der Waals surface area contributed by atoms with Gasteiger partial charge in [0.25, 0.3) is 0 Å². The average molecular weight is 223 g/mol. The molecule has 0 aliphatic carbocycles. The number of unbranched alkanes of at least 4 members (excludes halogenated alkanes) is 2. The van der Waals surface area contributed by atoms with Gasteiger partial charge in [-0.3, -0.25) is 0 Å². The van der Waals surface area contributed by atoms with Crippen LogP contribution in [0.3, 0.4) is 0 Å². The van der Waals surface area contributed by atoms with E-state index in [-0.39, 0.29) is 12.6 Å². The Morgan fingerprint density at radius 3 is 2.25 bits per heavy atom. The normalized spacial score (nSPS) is 10.5. The summed E-state index contributed by atoms with van der Waals surface area (Å²) in [6, 6.07) is -0.298. The lowest BCUT2D eigenvalue weighted by atomic mass is 10.1. The first-order valence-electron chi connectivity index (χ1n) is 4.99. The molecule has 0 aliphatic rings. The van der Waals surface area contributed by atoms with E-state index in [0.717, 1.165) is 19.3 Å². The summed E-state index contributed by atoms with van der Waals surface area (Å²) in [5.74, 6) is 0. The second kappa shape index (κ2) is 11.2. The van der Waals surface area contributed by atoms with Crippen molar-refractivity contribution < 1.29 is 14.4 Å². The third kappa shape index (κ3) is 8.73. The summed E-state index contributed by atoms with van der Waals surface area (Å²) in [6.45, 7) is 0.642. The third-order valence-electron chi connectivity index (χ3n) is 1.97. The largest absolute Gasteiger partial charge is 0.235 e. The van der Waals surface area contributed by atoms with E-state index in [1.54, 1.807) is 0 Å². The maximum atomic E-state index is 10.1. The molecule has 0 saturated heterocycles. The Bertz CT molecular complexity index is 324. The third-order valence-corrected chi connectivity index (χ3v) is 1.97. The Morgan fingerprint density at radius 1 is 0.875 bits per heavy atom. The lowest BCUT2D eigenvalue weighted by Gasteiger charge is -2.05. The van der Waals surface area contributed by atoms with E-state index in [1.165, 1.54) is 18.2 Å². The molecule has 0 amide bonds. The molecule has 0 aliphatic heterocycles. The van der Waals surface area contributed by atoms with Crippen LogP contribution < -0.4 is 0 Å². The van der Waals surface area contributed by atoms with Crippen molar-refractivity contribution in [1.82, 2.24) is 0 Å². The molecule has 0 radical (unpaired) electrons. The van der Waals surface area contributed by atoms with Crippen LogP contribution in [0.5, 0.6) is 0 Å². The molecule has 6 heteroatoms. The van der Waals surface area contributed by atoms with Gasteiger partial charge >= 0.3 is 0 Å². The van der Waals surface area contributed by atoms with Crippen molar-refractivity contribution in [3.8, 4) is 0 Å². The van der Waals surface area contributed by atoms with E-state index >= 15 is 0 Å². The SMILES string of the molecule is O=C=NCCCCCC(CN=C=O)N=C=O. The average Bonchev–Trinajstić information content (AvgIpc) is 2.30. The van der Waals surface area contributed by atoms with Crippen molar-refractivity contribution in [2.75, 3.05) is 13.1 Å². The summed E-state index contributed by atoms with van der Waals surface area (Å²) >= 11 is 0. The van der Waals surface area contributed by atoms with E-state index in [4.69, 9.17) is 0 Å². The lowest BCUT2D eigenvalue weighted by molar-refractivity contribution is 0.530. The Morgan fingerprint density at radius 2 is 1.62 bits per heavy atom. The van der Waals surface area contributed by atoms with Crippen molar-refractivity contribution in [1.29, 1.82) is 0 Å². The molecule has 6 nitrogen and oxygen atoms in total. The van der Waals surface area contributed by atoms with Gasteiger partial charge in [0.15, 0.2) is 0 Å². The first kappa shape index (κ1) is 14.1. The summed E-state index contributed by atoms with van der Waals surface area (Å²) in [4.78, 5) is 40.0. The minimum absolute atomic E-state index is 0.172. The van der Waals surface area contributed by atoms with E-state index in [0.29, 0.717) is 13.0 Å². The summed E-state index contributed by atoms with van der Waals surface area (Å²) in [7, 11) is 0. The zero-order valence-corrected chi connectivity index (χ0v) is 8.89. The van der Waals surface area contributed by atoms with E-state index in [2.05, 4.69) is 15.0 Å². The maximum Gasteiger partial charge on any atom is 0.235 e. The first-order valence-corrected chi connectivity index (χ1v) is 4.99. The number of aliphatic imine (C=N–C) groups is 3. The number of nitrogens with zero attached hydrogens (tertiary/aromatic N) is 3. The highest BCUT2D eigenvalue weighted by Crippen LogP contribution is 2.06. The molecule has 0 rings (SSSR count). The van der Waals surface area contributed by atoms with Gasteiger partial charge in [0.1, 0.15) is 0 Å². The van der Waals surface area contributed by atoms with E-state index in [9.17, 15) is 14.4 Å². The Labute approximate surface area is 93.2 Å². The highest BCUT2D eigenvalue weighted by Gasteiger charge is 2.05. The molecule has 0 N–H and O–H groups in total. The van der Waals surface area contributed by atoms with Crippen molar-refractivity contribution in [3.63, 3.8) is 0 Å². The van der Waals surface area contributed by atoms with Crippen LogP contribution in [-0.2, 0) is 14.4 Å². The molecule has 0 aromatic carbocycles. The summed E-state index contributed by atoms with van der Waals surface area (Å²) < 4.78 is 0. The van der Waals surface area contributed by atoms with Crippen LogP contribution in [0.1, 0.15) is 25.7 Å². The number of hydrogen-bond donors (Lipinski definition) is 0. The second-order valence-corrected chi connectivity index (χ2v) is 3.13. The summed E-state index contributed by atoms with van der Waals surface area (Å²) in [6.07, 6.45) is 7.48. The number of carbonyl (C=O) groups excluding carboxylic acids is 3. The standard InChI is InChI=1S/C10H13N3O3/c14-7-11-5-3-1-2-4-10(13-9-16)6-12-8-15/h10H,1-6H2. The molecule has 86 valence electrons. The van der Waals surface area contributed by atoms with Crippen molar-refractivity contribution in [2.24, 2.45) is 15.0 Å². The van der Waals surface area contributed by atoms with Crippen molar-refractivity contribution in [2.45, 2.75) is 31.7 Å². The van der Waals surface area contributed by atoms with Gasteiger partial charge in [-0.2, -0.15) is 0 Å². The van der Waals surface area contributed by atoms with Gasteiger partial charge in [-0.25, -0.2) is 29.4 Å². The predicted octanol–water partition coefficient (Wildman–Crippen LogP) is 0.923. The molecule has 0 bridgehead atoms. The molecule has 1 unspecified atom stereocenters. The first-order chi connectivity index (χ1) is 7.85. The minimum atomic E-state index is -0.298. The van der Waals surface area contributed by atoms with Gasteiger partial charge in [0.2, 0.25) is 18.2 Å². The molecular formula is C10H13N3O3.